The Hall–Kier alpha value is -2.14. The number of benzene rings is 1. The normalized spacial score (nSPS) is 10.7. The molecule has 2 aromatic heterocycles. The van der Waals surface area contributed by atoms with Crippen molar-refractivity contribution in [2.24, 2.45) is 0 Å². The van der Waals surface area contributed by atoms with Gasteiger partial charge in [0.25, 0.3) is 5.56 Å². The first kappa shape index (κ1) is 11.0. The summed E-state index contributed by atoms with van der Waals surface area (Å²) >= 11 is 1.54. The third kappa shape index (κ3) is 1.78. The van der Waals surface area contributed by atoms with Gasteiger partial charge in [-0.2, -0.15) is 0 Å². The lowest BCUT2D eigenvalue weighted by atomic mass is 10.2. The topological polar surface area (TPSA) is 55.0 Å². The van der Waals surface area contributed by atoms with Crippen molar-refractivity contribution in [3.8, 4) is 16.5 Å². The summed E-state index contributed by atoms with van der Waals surface area (Å²) < 4.78 is 5.10. The van der Waals surface area contributed by atoms with E-state index >= 15 is 0 Å². The summed E-state index contributed by atoms with van der Waals surface area (Å²) in [5.41, 5.74) is 0.519. The molecule has 0 spiro atoms. The second-order valence-electron chi connectivity index (χ2n) is 3.77. The molecule has 18 heavy (non-hydrogen) atoms. The summed E-state index contributed by atoms with van der Waals surface area (Å²) in [6.45, 7) is 0. The van der Waals surface area contributed by atoms with Crippen LogP contribution >= 0.6 is 11.3 Å². The number of aromatic nitrogens is 2. The highest BCUT2D eigenvalue weighted by molar-refractivity contribution is 7.13. The Balaban J connectivity index is 2.26. The van der Waals surface area contributed by atoms with Gasteiger partial charge in [-0.15, -0.1) is 11.3 Å². The largest absolute Gasteiger partial charge is 0.497 e. The van der Waals surface area contributed by atoms with Crippen LogP contribution in [0, 0.1) is 0 Å². The molecule has 0 bridgehead atoms. The molecule has 0 aliphatic rings. The Morgan fingerprint density at radius 3 is 2.94 bits per heavy atom. The standard InChI is InChI=1S/C13H10N2O2S/c1-17-8-4-5-10-9(7-8)13(16)15-12(14-10)11-3-2-6-18-11/h2-7H,1H3,(H,14,15,16). The lowest BCUT2D eigenvalue weighted by molar-refractivity contribution is 0.415. The molecule has 5 heteroatoms. The molecule has 90 valence electrons. The van der Waals surface area contributed by atoms with Gasteiger partial charge in [0.2, 0.25) is 0 Å². The zero-order chi connectivity index (χ0) is 12.5. The van der Waals surface area contributed by atoms with Crippen molar-refractivity contribution in [2.45, 2.75) is 0 Å². The summed E-state index contributed by atoms with van der Waals surface area (Å²) in [4.78, 5) is 20.2. The molecule has 3 rings (SSSR count). The number of H-pyrrole nitrogens is 1. The van der Waals surface area contributed by atoms with Gasteiger partial charge in [-0.3, -0.25) is 4.79 Å². The van der Waals surface area contributed by atoms with Crippen LogP contribution in [0.1, 0.15) is 0 Å². The molecule has 3 aromatic rings. The van der Waals surface area contributed by atoms with E-state index in [0.29, 0.717) is 22.5 Å². The molecule has 0 saturated carbocycles. The average molecular weight is 258 g/mol. The Bertz CT molecular complexity index is 747. The molecule has 4 nitrogen and oxygen atoms in total. The molecular weight excluding hydrogens is 248 g/mol. The van der Waals surface area contributed by atoms with E-state index in [1.807, 2.05) is 17.5 Å². The predicted octanol–water partition coefficient (Wildman–Crippen LogP) is 2.66. The van der Waals surface area contributed by atoms with E-state index in [1.54, 1.807) is 36.6 Å². The Morgan fingerprint density at radius 1 is 1.33 bits per heavy atom. The van der Waals surface area contributed by atoms with Gasteiger partial charge >= 0.3 is 0 Å². The third-order valence-electron chi connectivity index (χ3n) is 2.67. The molecule has 0 aliphatic carbocycles. The monoisotopic (exact) mass is 258 g/mol. The minimum atomic E-state index is -0.151. The SMILES string of the molecule is COc1ccc2nc(-c3cccs3)[nH]c(=O)c2c1. The van der Waals surface area contributed by atoms with Gasteiger partial charge < -0.3 is 9.72 Å². The van der Waals surface area contributed by atoms with Crippen molar-refractivity contribution < 1.29 is 4.74 Å². The number of thiophene rings is 1. The van der Waals surface area contributed by atoms with Gasteiger partial charge in [0.1, 0.15) is 5.75 Å². The van der Waals surface area contributed by atoms with Crippen LogP contribution in [-0.4, -0.2) is 17.1 Å². The van der Waals surface area contributed by atoms with Gasteiger partial charge in [-0.1, -0.05) is 6.07 Å². The Kier molecular flexibility index (Phi) is 2.60. The zero-order valence-electron chi connectivity index (χ0n) is 9.64. The van der Waals surface area contributed by atoms with E-state index < -0.39 is 0 Å². The van der Waals surface area contributed by atoms with E-state index in [9.17, 15) is 4.79 Å². The molecule has 0 saturated heterocycles. The Morgan fingerprint density at radius 2 is 2.22 bits per heavy atom. The maximum absolute atomic E-state index is 12.0. The molecule has 0 radical (unpaired) electrons. The fourth-order valence-electron chi connectivity index (χ4n) is 1.77. The van der Waals surface area contributed by atoms with Gasteiger partial charge in [0.15, 0.2) is 5.82 Å². The van der Waals surface area contributed by atoms with Crippen LogP contribution in [-0.2, 0) is 0 Å². The van der Waals surface area contributed by atoms with Crippen LogP contribution in [0.5, 0.6) is 5.75 Å². The maximum Gasteiger partial charge on any atom is 0.259 e. The van der Waals surface area contributed by atoms with Crippen molar-refractivity contribution >= 4 is 22.2 Å². The molecule has 0 fully saturated rings. The lowest BCUT2D eigenvalue weighted by Crippen LogP contribution is -2.09. The first-order valence-corrected chi connectivity index (χ1v) is 6.28. The smallest absolute Gasteiger partial charge is 0.259 e. The molecule has 0 aliphatic heterocycles. The van der Waals surface area contributed by atoms with Crippen molar-refractivity contribution in [1.82, 2.24) is 9.97 Å². The molecule has 2 heterocycles. The van der Waals surface area contributed by atoms with Crippen LogP contribution < -0.4 is 10.3 Å². The number of nitrogens with zero attached hydrogens (tertiary/aromatic N) is 1. The zero-order valence-corrected chi connectivity index (χ0v) is 10.5. The molecule has 0 amide bonds. The molecule has 0 atom stereocenters. The number of hydrogen-bond donors (Lipinski definition) is 1. The summed E-state index contributed by atoms with van der Waals surface area (Å²) in [7, 11) is 1.57. The first-order chi connectivity index (χ1) is 8.78. The highest BCUT2D eigenvalue weighted by Crippen LogP contribution is 2.22. The van der Waals surface area contributed by atoms with E-state index in [2.05, 4.69) is 9.97 Å². The number of rotatable bonds is 2. The number of methoxy groups -OCH3 is 1. The number of aromatic amines is 1. The van der Waals surface area contributed by atoms with Crippen LogP contribution in [0.25, 0.3) is 21.6 Å². The first-order valence-electron chi connectivity index (χ1n) is 5.40. The van der Waals surface area contributed by atoms with Crippen LogP contribution in [0.2, 0.25) is 0 Å². The highest BCUT2D eigenvalue weighted by Gasteiger charge is 2.07. The quantitative estimate of drug-likeness (QED) is 0.768. The van der Waals surface area contributed by atoms with Gasteiger partial charge in [-0.05, 0) is 29.6 Å². The van der Waals surface area contributed by atoms with E-state index in [0.717, 1.165) is 4.88 Å². The molecule has 0 unspecified atom stereocenters. The van der Waals surface area contributed by atoms with Gasteiger partial charge in [0, 0.05) is 0 Å². The van der Waals surface area contributed by atoms with Crippen molar-refractivity contribution in [2.75, 3.05) is 7.11 Å². The molecule has 1 N–H and O–H groups in total. The van der Waals surface area contributed by atoms with Crippen LogP contribution in [0.4, 0.5) is 0 Å². The summed E-state index contributed by atoms with van der Waals surface area (Å²) in [5, 5.41) is 2.49. The van der Waals surface area contributed by atoms with Crippen LogP contribution in [0.3, 0.4) is 0 Å². The van der Waals surface area contributed by atoms with E-state index in [1.165, 1.54) is 0 Å². The third-order valence-corrected chi connectivity index (χ3v) is 3.54. The summed E-state index contributed by atoms with van der Waals surface area (Å²) in [6, 6.07) is 9.14. The highest BCUT2D eigenvalue weighted by atomic mass is 32.1. The van der Waals surface area contributed by atoms with E-state index in [-0.39, 0.29) is 5.56 Å². The van der Waals surface area contributed by atoms with Gasteiger partial charge in [0.05, 0.1) is 22.9 Å². The number of hydrogen-bond acceptors (Lipinski definition) is 4. The van der Waals surface area contributed by atoms with Crippen LogP contribution in [0.15, 0.2) is 40.5 Å². The van der Waals surface area contributed by atoms with Gasteiger partial charge in [-0.25, -0.2) is 4.98 Å². The average Bonchev–Trinajstić information content (AvgIpc) is 2.92. The van der Waals surface area contributed by atoms with Crippen molar-refractivity contribution in [1.29, 1.82) is 0 Å². The number of fused-ring (bicyclic) bond motifs is 1. The van der Waals surface area contributed by atoms with E-state index in [4.69, 9.17) is 4.74 Å². The minimum absolute atomic E-state index is 0.151. The maximum atomic E-state index is 12.0. The number of ether oxygens (including phenoxy) is 1. The second kappa shape index (κ2) is 4.27. The lowest BCUT2D eigenvalue weighted by Gasteiger charge is -2.03. The second-order valence-corrected chi connectivity index (χ2v) is 4.72. The Labute approximate surface area is 107 Å². The summed E-state index contributed by atoms with van der Waals surface area (Å²) in [5.74, 6) is 1.26. The number of nitrogens with one attached hydrogen (secondary N) is 1. The van der Waals surface area contributed by atoms with Crippen molar-refractivity contribution in [3.63, 3.8) is 0 Å². The predicted molar refractivity (Wildman–Crippen MR) is 72.2 cm³/mol. The molecular formula is C13H10N2O2S. The molecule has 1 aromatic carbocycles. The minimum Gasteiger partial charge on any atom is -0.497 e. The summed E-state index contributed by atoms with van der Waals surface area (Å²) in [6.07, 6.45) is 0. The van der Waals surface area contributed by atoms with Crippen molar-refractivity contribution in [3.05, 3.63) is 46.1 Å². The fourth-order valence-corrected chi connectivity index (χ4v) is 2.44. The fraction of sp³-hybridized carbons (Fsp3) is 0.0769.